The number of carbonyl (C=O) groups excluding carboxylic acids is 1. The van der Waals surface area contributed by atoms with Crippen LogP contribution in [0.2, 0.25) is 0 Å². The van der Waals surface area contributed by atoms with Gasteiger partial charge < -0.3 is 10.5 Å². The maximum Gasteiger partial charge on any atom is 0.164 e. The Morgan fingerprint density at radius 3 is 2.56 bits per heavy atom. The number of benzene rings is 1. The van der Waals surface area contributed by atoms with Crippen molar-refractivity contribution in [3.05, 3.63) is 28.2 Å². The second-order valence-corrected chi connectivity index (χ2v) is 5.29. The number of ketones is 1. The average molecular weight is 286 g/mol. The molecule has 0 saturated carbocycles. The second-order valence-electron chi connectivity index (χ2n) is 4.44. The molecule has 1 aromatic rings. The zero-order chi connectivity index (χ0) is 12.3. The third-order valence-electron chi connectivity index (χ3n) is 2.09. The van der Waals surface area contributed by atoms with Gasteiger partial charge in [-0.3, -0.25) is 4.79 Å². The molecule has 0 aliphatic heterocycles. The summed E-state index contributed by atoms with van der Waals surface area (Å²) in [6, 6.07) is 5.27. The fourth-order valence-electron chi connectivity index (χ4n) is 1.36. The Bertz CT molecular complexity index is 396. The van der Waals surface area contributed by atoms with Crippen LogP contribution in [0.1, 0.15) is 30.6 Å². The summed E-state index contributed by atoms with van der Waals surface area (Å²) in [6.07, 6.45) is 0.325. The van der Waals surface area contributed by atoms with Gasteiger partial charge in [-0.25, -0.2) is 0 Å². The molecule has 0 amide bonds. The Labute approximate surface area is 104 Å². The van der Waals surface area contributed by atoms with Gasteiger partial charge in [0.1, 0.15) is 5.75 Å². The molecule has 0 aliphatic rings. The molecule has 0 radical (unpaired) electrons. The molecule has 0 aliphatic carbocycles. The third-order valence-corrected chi connectivity index (χ3v) is 2.71. The lowest BCUT2D eigenvalue weighted by Gasteiger charge is -2.17. The normalized spacial score (nSPS) is 11.3. The number of carbonyl (C=O) groups is 1. The highest BCUT2D eigenvalue weighted by Crippen LogP contribution is 2.26. The molecule has 0 saturated heterocycles. The minimum absolute atomic E-state index is 0.0378. The Hall–Kier alpha value is -0.870. The third kappa shape index (κ3) is 3.61. The predicted molar refractivity (Wildman–Crippen MR) is 67.9 cm³/mol. The van der Waals surface area contributed by atoms with Crippen molar-refractivity contribution in [3.63, 3.8) is 0 Å². The molecule has 4 heteroatoms. The Morgan fingerprint density at radius 1 is 1.50 bits per heavy atom. The topological polar surface area (TPSA) is 52.3 Å². The molecule has 0 atom stereocenters. The maximum absolute atomic E-state index is 11.9. The summed E-state index contributed by atoms with van der Waals surface area (Å²) in [4.78, 5) is 11.9. The van der Waals surface area contributed by atoms with E-state index in [4.69, 9.17) is 10.5 Å². The van der Waals surface area contributed by atoms with E-state index in [9.17, 15) is 4.79 Å². The van der Waals surface area contributed by atoms with Gasteiger partial charge >= 0.3 is 0 Å². The molecule has 0 bridgehead atoms. The van der Waals surface area contributed by atoms with E-state index in [2.05, 4.69) is 15.9 Å². The van der Waals surface area contributed by atoms with Crippen molar-refractivity contribution in [2.75, 3.05) is 7.11 Å². The molecular weight excluding hydrogens is 270 g/mol. The maximum atomic E-state index is 11.9. The summed E-state index contributed by atoms with van der Waals surface area (Å²) >= 11 is 3.35. The number of hydrogen-bond donors (Lipinski definition) is 1. The van der Waals surface area contributed by atoms with Crippen LogP contribution in [-0.4, -0.2) is 18.4 Å². The molecule has 0 unspecified atom stereocenters. The van der Waals surface area contributed by atoms with Crippen molar-refractivity contribution in [2.24, 2.45) is 5.73 Å². The Balaban J connectivity index is 2.89. The van der Waals surface area contributed by atoms with Crippen molar-refractivity contribution in [1.29, 1.82) is 0 Å². The number of Topliss-reactive ketones (excluding diaryl/α,β-unsaturated/α-hetero) is 1. The summed E-state index contributed by atoms with van der Waals surface area (Å²) in [5.74, 6) is 0.749. The van der Waals surface area contributed by atoms with Gasteiger partial charge in [-0.05, 0) is 48.0 Å². The van der Waals surface area contributed by atoms with E-state index in [-0.39, 0.29) is 5.78 Å². The van der Waals surface area contributed by atoms with E-state index >= 15 is 0 Å². The molecule has 0 aromatic heterocycles. The van der Waals surface area contributed by atoms with Crippen LogP contribution in [0.4, 0.5) is 0 Å². The average Bonchev–Trinajstić information content (AvgIpc) is 2.15. The first-order valence-electron chi connectivity index (χ1n) is 4.99. The number of halogens is 1. The molecule has 3 nitrogen and oxygen atoms in total. The van der Waals surface area contributed by atoms with Gasteiger partial charge in [0.25, 0.3) is 0 Å². The minimum Gasteiger partial charge on any atom is -0.496 e. The summed E-state index contributed by atoms with van der Waals surface area (Å²) in [7, 11) is 1.59. The van der Waals surface area contributed by atoms with Gasteiger partial charge in [0.15, 0.2) is 5.78 Å². The summed E-state index contributed by atoms with van der Waals surface area (Å²) in [5, 5.41) is 0. The number of nitrogens with two attached hydrogens (primary N) is 1. The fourth-order valence-corrected chi connectivity index (χ4v) is 1.90. The second kappa shape index (κ2) is 4.97. The van der Waals surface area contributed by atoms with Gasteiger partial charge in [-0.1, -0.05) is 0 Å². The van der Waals surface area contributed by atoms with Crippen molar-refractivity contribution in [3.8, 4) is 5.75 Å². The summed E-state index contributed by atoms with van der Waals surface area (Å²) < 4.78 is 5.87. The smallest absolute Gasteiger partial charge is 0.164 e. The molecule has 16 heavy (non-hydrogen) atoms. The largest absolute Gasteiger partial charge is 0.496 e. The van der Waals surface area contributed by atoms with Crippen molar-refractivity contribution in [1.82, 2.24) is 0 Å². The van der Waals surface area contributed by atoms with Crippen LogP contribution in [0.5, 0.6) is 5.75 Å². The van der Waals surface area contributed by atoms with Crippen molar-refractivity contribution < 1.29 is 9.53 Å². The number of methoxy groups -OCH3 is 1. The highest BCUT2D eigenvalue weighted by molar-refractivity contribution is 9.10. The Morgan fingerprint density at radius 2 is 2.12 bits per heavy atom. The van der Waals surface area contributed by atoms with Crippen LogP contribution in [0.3, 0.4) is 0 Å². The predicted octanol–water partition coefficient (Wildman–Crippen LogP) is 2.77. The van der Waals surface area contributed by atoms with Gasteiger partial charge in [0, 0.05) is 17.5 Å². The van der Waals surface area contributed by atoms with E-state index < -0.39 is 5.54 Å². The number of rotatable bonds is 4. The van der Waals surface area contributed by atoms with Crippen LogP contribution in [0, 0.1) is 0 Å². The number of ether oxygens (including phenoxy) is 1. The van der Waals surface area contributed by atoms with Gasteiger partial charge in [-0.2, -0.15) is 0 Å². The quantitative estimate of drug-likeness (QED) is 0.866. The fraction of sp³-hybridized carbons (Fsp3) is 0.417. The van der Waals surface area contributed by atoms with Crippen LogP contribution >= 0.6 is 15.9 Å². The minimum atomic E-state index is -0.483. The number of hydrogen-bond acceptors (Lipinski definition) is 3. The Kier molecular flexibility index (Phi) is 4.10. The lowest BCUT2D eigenvalue weighted by atomic mass is 9.95. The van der Waals surface area contributed by atoms with E-state index in [1.165, 1.54) is 0 Å². The van der Waals surface area contributed by atoms with E-state index in [0.717, 1.165) is 4.47 Å². The highest BCUT2D eigenvalue weighted by atomic mass is 79.9. The van der Waals surface area contributed by atoms with Crippen LogP contribution in [0.25, 0.3) is 0 Å². The molecule has 88 valence electrons. The monoisotopic (exact) mass is 285 g/mol. The van der Waals surface area contributed by atoms with Crippen molar-refractivity contribution in [2.45, 2.75) is 25.8 Å². The molecule has 1 rings (SSSR count). The highest BCUT2D eigenvalue weighted by Gasteiger charge is 2.18. The standard InChI is InChI=1S/C12H16BrNO2/c1-12(2,14)7-10(15)8-4-5-11(16-3)9(13)6-8/h4-6H,7,14H2,1-3H3. The molecule has 0 spiro atoms. The molecule has 0 heterocycles. The molecular formula is C12H16BrNO2. The SMILES string of the molecule is COc1ccc(C(=O)CC(C)(C)N)cc1Br. The first-order valence-corrected chi connectivity index (χ1v) is 5.78. The first kappa shape index (κ1) is 13.2. The molecule has 0 fully saturated rings. The van der Waals surface area contributed by atoms with Crippen molar-refractivity contribution >= 4 is 21.7 Å². The summed E-state index contributed by atoms with van der Waals surface area (Å²) in [5.41, 5.74) is 5.97. The zero-order valence-electron chi connectivity index (χ0n) is 9.71. The zero-order valence-corrected chi connectivity index (χ0v) is 11.3. The van der Waals surface area contributed by atoms with Crippen LogP contribution < -0.4 is 10.5 Å². The van der Waals surface area contributed by atoms with Gasteiger partial charge in [-0.15, -0.1) is 0 Å². The van der Waals surface area contributed by atoms with Gasteiger partial charge in [0.05, 0.1) is 11.6 Å². The van der Waals surface area contributed by atoms with Crippen LogP contribution in [-0.2, 0) is 0 Å². The van der Waals surface area contributed by atoms with E-state index in [1.54, 1.807) is 25.3 Å². The summed E-state index contributed by atoms with van der Waals surface area (Å²) in [6.45, 7) is 3.67. The van der Waals surface area contributed by atoms with Crippen LogP contribution in [0.15, 0.2) is 22.7 Å². The van der Waals surface area contributed by atoms with E-state index in [1.807, 2.05) is 13.8 Å². The molecule has 2 N–H and O–H groups in total. The first-order chi connectivity index (χ1) is 7.33. The molecule has 1 aromatic carbocycles. The lowest BCUT2D eigenvalue weighted by molar-refractivity contribution is 0.0960. The van der Waals surface area contributed by atoms with Gasteiger partial charge in [0.2, 0.25) is 0 Å². The van der Waals surface area contributed by atoms with E-state index in [0.29, 0.717) is 17.7 Å². The lowest BCUT2D eigenvalue weighted by Crippen LogP contribution is -2.34.